The summed E-state index contributed by atoms with van der Waals surface area (Å²) in [6, 6.07) is 0. The molecule has 1 aromatic rings. The van der Waals surface area contributed by atoms with Crippen LogP contribution in [0.1, 0.15) is 16.2 Å². The summed E-state index contributed by atoms with van der Waals surface area (Å²) in [4.78, 5) is 14.9. The smallest absolute Gasteiger partial charge is 0.267 e. The number of primary amides is 1. The van der Waals surface area contributed by atoms with Crippen molar-refractivity contribution in [2.24, 2.45) is 5.73 Å². The molecule has 0 saturated carbocycles. The van der Waals surface area contributed by atoms with E-state index in [9.17, 15) is 13.2 Å². The predicted octanol–water partition coefficient (Wildman–Crippen LogP) is -0.922. The van der Waals surface area contributed by atoms with E-state index in [1.54, 1.807) is 6.92 Å². The second-order valence-electron chi connectivity index (χ2n) is 3.16. The molecule has 2 N–H and O–H groups in total. The fourth-order valence-electron chi connectivity index (χ4n) is 1.61. The van der Waals surface area contributed by atoms with Gasteiger partial charge in [-0.3, -0.25) is 4.79 Å². The topological polar surface area (TPSA) is 95.1 Å². The molecular weight excluding hydrogens is 206 g/mol. The maximum Gasteiger partial charge on any atom is 0.267 e. The van der Waals surface area contributed by atoms with Gasteiger partial charge in [-0.1, -0.05) is 0 Å². The Labute approximate surface area is 80.7 Å². The summed E-state index contributed by atoms with van der Waals surface area (Å²) in [5.74, 6) is -0.644. The first-order chi connectivity index (χ1) is 6.43. The molecule has 0 aromatic carbocycles. The zero-order chi connectivity index (χ0) is 10.5. The van der Waals surface area contributed by atoms with E-state index in [1.165, 1.54) is 4.57 Å². The van der Waals surface area contributed by atoms with Gasteiger partial charge in [-0.2, -0.15) is 0 Å². The summed E-state index contributed by atoms with van der Waals surface area (Å²) in [6.45, 7) is 1.83. The Kier molecular flexibility index (Phi) is 1.69. The van der Waals surface area contributed by atoms with E-state index in [1.807, 2.05) is 0 Å². The number of carbonyl (C=O) groups is 1. The fourth-order valence-corrected chi connectivity index (χ4v) is 3.01. The Balaban J connectivity index is 2.75. The van der Waals surface area contributed by atoms with Crippen LogP contribution in [0.5, 0.6) is 0 Å². The molecule has 1 aliphatic rings. The number of aryl methyl sites for hydroxylation is 1. The van der Waals surface area contributed by atoms with Crippen LogP contribution in [0.4, 0.5) is 0 Å². The first kappa shape index (κ1) is 9.20. The number of nitrogens with zero attached hydrogens (tertiary/aromatic N) is 2. The minimum atomic E-state index is -3.30. The molecule has 1 aliphatic heterocycles. The van der Waals surface area contributed by atoms with Crippen molar-refractivity contribution >= 4 is 15.7 Å². The van der Waals surface area contributed by atoms with E-state index in [4.69, 9.17) is 5.73 Å². The number of sulfone groups is 1. The van der Waals surface area contributed by atoms with Gasteiger partial charge in [0.15, 0.2) is 0 Å². The fraction of sp³-hybridized carbons (Fsp3) is 0.429. The highest BCUT2D eigenvalue weighted by atomic mass is 32.2. The third-order valence-corrected chi connectivity index (χ3v) is 3.79. The van der Waals surface area contributed by atoms with Crippen molar-refractivity contribution in [1.29, 1.82) is 0 Å². The third-order valence-electron chi connectivity index (χ3n) is 2.20. The number of nitrogens with two attached hydrogens (primary N) is 1. The zero-order valence-corrected chi connectivity index (χ0v) is 8.34. The van der Waals surface area contributed by atoms with Gasteiger partial charge >= 0.3 is 0 Å². The molecule has 0 spiro atoms. The number of rotatable bonds is 1. The van der Waals surface area contributed by atoms with Crippen molar-refractivity contribution in [3.8, 4) is 0 Å². The molecule has 1 aromatic heterocycles. The highest BCUT2D eigenvalue weighted by Gasteiger charge is 2.33. The lowest BCUT2D eigenvalue weighted by atomic mass is 10.3. The van der Waals surface area contributed by atoms with Crippen molar-refractivity contribution in [3.63, 3.8) is 0 Å². The largest absolute Gasteiger partial charge is 0.364 e. The molecule has 0 atom stereocenters. The summed E-state index contributed by atoms with van der Waals surface area (Å²) < 4.78 is 24.2. The minimum Gasteiger partial charge on any atom is -0.364 e. The number of hydrogen-bond donors (Lipinski definition) is 1. The predicted molar refractivity (Wildman–Crippen MR) is 47.5 cm³/mol. The van der Waals surface area contributed by atoms with E-state index < -0.39 is 15.7 Å². The van der Waals surface area contributed by atoms with E-state index in [-0.39, 0.29) is 23.1 Å². The maximum absolute atomic E-state index is 11.4. The Morgan fingerprint density at radius 3 is 2.79 bits per heavy atom. The lowest BCUT2D eigenvalue weighted by Gasteiger charge is -1.98. The van der Waals surface area contributed by atoms with E-state index in [2.05, 4.69) is 4.98 Å². The Hall–Kier alpha value is -1.37. The van der Waals surface area contributed by atoms with Gasteiger partial charge in [-0.15, -0.1) is 0 Å². The lowest BCUT2D eigenvalue weighted by molar-refractivity contribution is 0.0990. The van der Waals surface area contributed by atoms with Crippen LogP contribution in [-0.4, -0.2) is 29.6 Å². The second-order valence-corrected chi connectivity index (χ2v) is 5.17. The van der Waals surface area contributed by atoms with Crippen molar-refractivity contribution in [2.75, 3.05) is 5.75 Å². The number of carbonyl (C=O) groups excluding carboxylic acids is 1. The summed E-state index contributed by atoms with van der Waals surface area (Å²) >= 11 is 0. The average Bonchev–Trinajstić information content (AvgIpc) is 2.50. The highest BCUT2D eigenvalue weighted by Crippen LogP contribution is 2.22. The summed E-state index contributed by atoms with van der Waals surface area (Å²) in [5, 5.41) is -0.0381. The molecular formula is C7H9N3O3S. The number of fused-ring (bicyclic) bond motifs is 1. The quantitative estimate of drug-likeness (QED) is 0.655. The number of imidazole rings is 1. The maximum atomic E-state index is 11.4. The monoisotopic (exact) mass is 215 g/mol. The number of hydrogen-bond acceptors (Lipinski definition) is 4. The highest BCUT2D eigenvalue weighted by molar-refractivity contribution is 7.91. The Morgan fingerprint density at radius 1 is 1.57 bits per heavy atom. The summed E-state index contributed by atoms with van der Waals surface area (Å²) in [7, 11) is -3.30. The number of amides is 1. The molecule has 76 valence electrons. The van der Waals surface area contributed by atoms with Crippen molar-refractivity contribution in [3.05, 3.63) is 11.4 Å². The van der Waals surface area contributed by atoms with Gasteiger partial charge in [0.05, 0.1) is 11.4 Å². The van der Waals surface area contributed by atoms with Crippen LogP contribution in [0.2, 0.25) is 0 Å². The molecule has 0 radical (unpaired) electrons. The minimum absolute atomic E-state index is 0.00407. The molecule has 0 aliphatic carbocycles. The molecule has 0 unspecified atom stereocenters. The molecule has 0 fully saturated rings. The van der Waals surface area contributed by atoms with Crippen LogP contribution >= 0.6 is 0 Å². The lowest BCUT2D eigenvalue weighted by Crippen LogP contribution is -2.17. The SMILES string of the molecule is Cc1nc2n(c1C(N)=O)CCS2(=O)=O. The van der Waals surface area contributed by atoms with Gasteiger partial charge in [0.25, 0.3) is 5.91 Å². The first-order valence-corrected chi connectivity index (χ1v) is 5.68. The van der Waals surface area contributed by atoms with Crippen LogP contribution in [-0.2, 0) is 16.4 Å². The van der Waals surface area contributed by atoms with Crippen LogP contribution in [0.25, 0.3) is 0 Å². The van der Waals surface area contributed by atoms with E-state index in [0.29, 0.717) is 5.69 Å². The van der Waals surface area contributed by atoms with Crippen LogP contribution in [0, 0.1) is 6.92 Å². The second kappa shape index (κ2) is 2.57. The summed E-state index contributed by atoms with van der Waals surface area (Å²) in [5.41, 5.74) is 5.69. The van der Waals surface area contributed by atoms with Crippen LogP contribution in [0.3, 0.4) is 0 Å². The molecule has 0 saturated heterocycles. The van der Waals surface area contributed by atoms with E-state index in [0.717, 1.165) is 0 Å². The molecule has 7 heteroatoms. The molecule has 0 bridgehead atoms. The van der Waals surface area contributed by atoms with Gasteiger partial charge in [0.1, 0.15) is 5.69 Å². The summed E-state index contributed by atoms with van der Waals surface area (Å²) in [6.07, 6.45) is 0. The van der Waals surface area contributed by atoms with Crippen molar-refractivity contribution < 1.29 is 13.2 Å². The molecule has 6 nitrogen and oxygen atoms in total. The van der Waals surface area contributed by atoms with Crippen molar-refractivity contribution in [2.45, 2.75) is 18.6 Å². The molecule has 14 heavy (non-hydrogen) atoms. The normalized spacial score (nSPS) is 18.1. The first-order valence-electron chi connectivity index (χ1n) is 4.03. The molecule has 2 heterocycles. The van der Waals surface area contributed by atoms with E-state index >= 15 is 0 Å². The zero-order valence-electron chi connectivity index (χ0n) is 7.52. The van der Waals surface area contributed by atoms with Gasteiger partial charge in [0.2, 0.25) is 15.0 Å². The average molecular weight is 215 g/mol. The van der Waals surface area contributed by atoms with Gasteiger partial charge in [-0.05, 0) is 6.92 Å². The van der Waals surface area contributed by atoms with Crippen LogP contribution in [0.15, 0.2) is 5.16 Å². The van der Waals surface area contributed by atoms with Crippen LogP contribution < -0.4 is 5.73 Å². The van der Waals surface area contributed by atoms with Gasteiger partial charge < -0.3 is 10.3 Å². The van der Waals surface area contributed by atoms with Gasteiger partial charge in [0, 0.05) is 6.54 Å². The molecule has 1 amide bonds. The molecule has 2 rings (SSSR count). The Bertz CT molecular complexity index is 515. The van der Waals surface area contributed by atoms with Gasteiger partial charge in [-0.25, -0.2) is 13.4 Å². The standard InChI is InChI=1S/C7H9N3O3S/c1-4-5(6(8)11)10-2-3-14(12,13)7(10)9-4/h2-3H2,1H3,(H2,8,11). The van der Waals surface area contributed by atoms with Crippen molar-refractivity contribution in [1.82, 2.24) is 9.55 Å². The third kappa shape index (κ3) is 1.05. The Morgan fingerprint density at radius 2 is 2.21 bits per heavy atom. The number of aromatic nitrogens is 2.